The highest BCUT2D eigenvalue weighted by Crippen LogP contribution is 2.30. The molecular formula is C15H23N. The zero-order valence-electron chi connectivity index (χ0n) is 10.9. The van der Waals surface area contributed by atoms with Gasteiger partial charge in [-0.2, -0.15) is 0 Å². The summed E-state index contributed by atoms with van der Waals surface area (Å²) in [5.41, 5.74) is 3.20. The second kappa shape index (κ2) is 4.21. The highest BCUT2D eigenvalue weighted by Gasteiger charge is 2.22. The van der Waals surface area contributed by atoms with Crippen LogP contribution in [0.1, 0.15) is 34.1 Å². The average molecular weight is 217 g/mol. The van der Waals surface area contributed by atoms with E-state index in [0.717, 1.165) is 6.54 Å². The fourth-order valence-electron chi connectivity index (χ4n) is 2.29. The fraction of sp³-hybridized carbons (Fsp3) is 0.600. The van der Waals surface area contributed by atoms with Gasteiger partial charge in [-0.3, -0.25) is 0 Å². The Morgan fingerprint density at radius 3 is 2.44 bits per heavy atom. The molecule has 1 heterocycles. The molecule has 0 aromatic heterocycles. The highest BCUT2D eigenvalue weighted by atomic mass is 14.9. The van der Waals surface area contributed by atoms with E-state index < -0.39 is 0 Å². The minimum atomic E-state index is 0.199. The number of rotatable bonds is 1. The van der Waals surface area contributed by atoms with Crippen LogP contribution in [0.2, 0.25) is 0 Å². The average Bonchev–Trinajstić information content (AvgIpc) is 2.38. The van der Waals surface area contributed by atoms with Crippen molar-refractivity contribution >= 4 is 0 Å². The van der Waals surface area contributed by atoms with Gasteiger partial charge >= 0.3 is 0 Å². The molecular weight excluding hydrogens is 194 g/mol. The van der Waals surface area contributed by atoms with E-state index in [2.05, 4.69) is 57.3 Å². The molecule has 0 fully saturated rings. The fourth-order valence-corrected chi connectivity index (χ4v) is 2.29. The summed E-state index contributed by atoms with van der Waals surface area (Å²) in [6, 6.07) is 0.637. The molecule has 1 nitrogen and oxygen atoms in total. The van der Waals surface area contributed by atoms with Crippen LogP contribution >= 0.6 is 0 Å². The van der Waals surface area contributed by atoms with E-state index in [1.807, 2.05) is 0 Å². The summed E-state index contributed by atoms with van der Waals surface area (Å²) >= 11 is 0. The number of allylic oxidation sites excluding steroid dienone is 3. The Morgan fingerprint density at radius 1 is 1.19 bits per heavy atom. The van der Waals surface area contributed by atoms with Gasteiger partial charge in [0.1, 0.15) is 0 Å². The molecule has 0 spiro atoms. The SMILES string of the molecule is CC(C)C1CC2=C(C=CC(C)(C)C=C2)CN1. The lowest BCUT2D eigenvalue weighted by molar-refractivity contribution is 0.397. The summed E-state index contributed by atoms with van der Waals surface area (Å²) in [4.78, 5) is 0. The standard InChI is InChI=1S/C15H23N/c1-11(2)14-9-12-5-7-15(3,4)8-6-13(12)10-16-14/h5-8,11,14,16H,9-10H2,1-4H3. The molecule has 16 heavy (non-hydrogen) atoms. The first-order valence-corrected chi connectivity index (χ1v) is 6.32. The van der Waals surface area contributed by atoms with E-state index >= 15 is 0 Å². The molecule has 0 saturated heterocycles. The molecule has 88 valence electrons. The van der Waals surface area contributed by atoms with Crippen molar-refractivity contribution in [3.8, 4) is 0 Å². The normalized spacial score (nSPS) is 28.2. The Hall–Kier alpha value is -0.820. The monoisotopic (exact) mass is 217 g/mol. The highest BCUT2D eigenvalue weighted by molar-refractivity contribution is 5.41. The Morgan fingerprint density at radius 2 is 1.81 bits per heavy atom. The van der Waals surface area contributed by atoms with Crippen molar-refractivity contribution in [3.05, 3.63) is 35.5 Å². The van der Waals surface area contributed by atoms with Crippen molar-refractivity contribution in [2.75, 3.05) is 6.54 Å². The number of nitrogens with one attached hydrogen (secondary N) is 1. The van der Waals surface area contributed by atoms with Gasteiger partial charge in [0, 0.05) is 18.0 Å². The molecule has 1 heteroatoms. The smallest absolute Gasteiger partial charge is 0.0210 e. The molecule has 1 aliphatic carbocycles. The predicted octanol–water partition coefficient (Wildman–Crippen LogP) is 3.45. The van der Waals surface area contributed by atoms with Crippen LogP contribution in [0.5, 0.6) is 0 Å². The molecule has 0 radical (unpaired) electrons. The first-order chi connectivity index (χ1) is 7.48. The van der Waals surface area contributed by atoms with Crippen LogP contribution in [-0.4, -0.2) is 12.6 Å². The van der Waals surface area contributed by atoms with E-state index in [-0.39, 0.29) is 5.41 Å². The molecule has 2 rings (SSSR count). The third-order valence-corrected chi connectivity index (χ3v) is 3.64. The van der Waals surface area contributed by atoms with Crippen LogP contribution in [0.4, 0.5) is 0 Å². The molecule has 0 aromatic carbocycles. The maximum absolute atomic E-state index is 3.63. The van der Waals surface area contributed by atoms with Crippen molar-refractivity contribution < 1.29 is 0 Å². The van der Waals surface area contributed by atoms with Gasteiger partial charge in [0.2, 0.25) is 0 Å². The lowest BCUT2D eigenvalue weighted by Crippen LogP contribution is -2.38. The van der Waals surface area contributed by atoms with Crippen LogP contribution in [0.25, 0.3) is 0 Å². The molecule has 1 aliphatic heterocycles. The molecule has 0 saturated carbocycles. The second-order valence-electron chi connectivity index (χ2n) is 5.97. The lowest BCUT2D eigenvalue weighted by Gasteiger charge is -2.29. The van der Waals surface area contributed by atoms with Crippen LogP contribution in [0.3, 0.4) is 0 Å². The summed E-state index contributed by atoms with van der Waals surface area (Å²) in [5.74, 6) is 0.711. The van der Waals surface area contributed by atoms with Crippen molar-refractivity contribution in [2.24, 2.45) is 11.3 Å². The van der Waals surface area contributed by atoms with Gasteiger partial charge in [0.25, 0.3) is 0 Å². The van der Waals surface area contributed by atoms with Gasteiger partial charge in [-0.25, -0.2) is 0 Å². The van der Waals surface area contributed by atoms with Gasteiger partial charge < -0.3 is 5.32 Å². The quantitative estimate of drug-likeness (QED) is 0.709. The Bertz CT molecular complexity index is 356. The van der Waals surface area contributed by atoms with E-state index in [9.17, 15) is 0 Å². The summed E-state index contributed by atoms with van der Waals surface area (Å²) in [6.45, 7) is 10.1. The molecule has 2 aliphatic rings. The van der Waals surface area contributed by atoms with Gasteiger partial charge in [-0.05, 0) is 23.5 Å². The molecule has 1 atom stereocenters. The lowest BCUT2D eigenvalue weighted by atomic mass is 9.89. The first-order valence-electron chi connectivity index (χ1n) is 6.32. The summed E-state index contributed by atoms with van der Waals surface area (Å²) in [7, 11) is 0. The minimum absolute atomic E-state index is 0.199. The van der Waals surface area contributed by atoms with Gasteiger partial charge in [0.15, 0.2) is 0 Å². The van der Waals surface area contributed by atoms with Crippen molar-refractivity contribution in [3.63, 3.8) is 0 Å². The van der Waals surface area contributed by atoms with E-state index in [4.69, 9.17) is 0 Å². The third kappa shape index (κ3) is 2.46. The summed E-state index contributed by atoms with van der Waals surface area (Å²) in [5, 5.41) is 3.63. The minimum Gasteiger partial charge on any atom is -0.309 e. The van der Waals surface area contributed by atoms with Crippen molar-refractivity contribution in [1.29, 1.82) is 0 Å². The molecule has 0 amide bonds. The zero-order chi connectivity index (χ0) is 11.8. The van der Waals surface area contributed by atoms with Crippen LogP contribution in [0, 0.1) is 11.3 Å². The maximum Gasteiger partial charge on any atom is 0.0210 e. The Labute approximate surface area is 99.3 Å². The first kappa shape index (κ1) is 11.7. The van der Waals surface area contributed by atoms with E-state index in [0.29, 0.717) is 12.0 Å². The van der Waals surface area contributed by atoms with Gasteiger partial charge in [-0.1, -0.05) is 52.0 Å². The molecule has 0 aromatic rings. The maximum atomic E-state index is 3.63. The van der Waals surface area contributed by atoms with Crippen LogP contribution in [0.15, 0.2) is 35.5 Å². The van der Waals surface area contributed by atoms with Crippen LogP contribution in [-0.2, 0) is 0 Å². The molecule has 0 bridgehead atoms. The third-order valence-electron chi connectivity index (χ3n) is 3.64. The van der Waals surface area contributed by atoms with E-state index in [1.165, 1.54) is 17.6 Å². The second-order valence-corrected chi connectivity index (χ2v) is 5.97. The zero-order valence-corrected chi connectivity index (χ0v) is 10.9. The van der Waals surface area contributed by atoms with Crippen molar-refractivity contribution in [1.82, 2.24) is 5.32 Å². The van der Waals surface area contributed by atoms with E-state index in [1.54, 1.807) is 0 Å². The topological polar surface area (TPSA) is 12.0 Å². The summed E-state index contributed by atoms with van der Waals surface area (Å²) < 4.78 is 0. The van der Waals surface area contributed by atoms with Crippen LogP contribution < -0.4 is 5.32 Å². The number of hydrogen-bond acceptors (Lipinski definition) is 1. The largest absolute Gasteiger partial charge is 0.309 e. The van der Waals surface area contributed by atoms with Gasteiger partial charge in [-0.15, -0.1) is 0 Å². The van der Waals surface area contributed by atoms with Crippen molar-refractivity contribution in [2.45, 2.75) is 40.2 Å². The Balaban J connectivity index is 2.22. The Kier molecular flexibility index (Phi) is 3.07. The van der Waals surface area contributed by atoms with Gasteiger partial charge in [0.05, 0.1) is 0 Å². The number of hydrogen-bond donors (Lipinski definition) is 1. The summed E-state index contributed by atoms with van der Waals surface area (Å²) in [6.07, 6.45) is 10.5. The predicted molar refractivity (Wildman–Crippen MR) is 70.3 cm³/mol. The molecule has 1 N–H and O–H groups in total. The molecule has 1 unspecified atom stereocenters.